The van der Waals surface area contributed by atoms with Gasteiger partial charge in [-0.3, -0.25) is 4.57 Å². The molecule has 8 nitrogen and oxygen atoms in total. The summed E-state index contributed by atoms with van der Waals surface area (Å²) in [6.07, 6.45) is 0.817. The predicted molar refractivity (Wildman–Crippen MR) is 81.5 cm³/mol. The highest BCUT2D eigenvalue weighted by atomic mass is 16.5. The van der Waals surface area contributed by atoms with Gasteiger partial charge in [0.25, 0.3) is 0 Å². The minimum Gasteiger partial charge on any atom is -0.464 e. The summed E-state index contributed by atoms with van der Waals surface area (Å²) < 4.78 is 6.76. The second-order valence-electron chi connectivity index (χ2n) is 4.82. The van der Waals surface area contributed by atoms with Crippen molar-refractivity contribution in [3.8, 4) is 11.6 Å². The van der Waals surface area contributed by atoms with E-state index in [0.717, 1.165) is 9.95 Å². The quantitative estimate of drug-likeness (QED) is 0.670. The van der Waals surface area contributed by atoms with E-state index >= 15 is 0 Å². The van der Waals surface area contributed by atoms with Crippen molar-refractivity contribution in [2.75, 3.05) is 6.54 Å². The molecule has 1 aromatic carbocycles. The van der Waals surface area contributed by atoms with Gasteiger partial charge >= 0.3 is 6.09 Å². The number of carbonyl (C=O) groups is 1. The number of aliphatic hydroxyl groups is 1. The number of benzene rings is 1. The molecule has 0 saturated carbocycles. The Morgan fingerprint density at radius 3 is 2.87 bits per heavy atom. The van der Waals surface area contributed by atoms with Crippen LogP contribution in [0.3, 0.4) is 0 Å². The number of ether oxygens (including phenoxy) is 1. The van der Waals surface area contributed by atoms with Crippen LogP contribution >= 0.6 is 0 Å². The Morgan fingerprint density at radius 2 is 2.13 bits per heavy atom. The zero-order valence-electron chi connectivity index (χ0n) is 12.0. The van der Waals surface area contributed by atoms with Gasteiger partial charge in [0.2, 0.25) is 5.88 Å². The lowest BCUT2D eigenvalue weighted by Crippen LogP contribution is -2.13. The van der Waals surface area contributed by atoms with Crippen molar-refractivity contribution < 1.29 is 19.7 Å². The third-order valence-electron chi connectivity index (χ3n) is 3.32. The van der Waals surface area contributed by atoms with Gasteiger partial charge in [-0.1, -0.05) is 0 Å². The lowest BCUT2D eigenvalue weighted by Gasteiger charge is -2.09. The first kappa shape index (κ1) is 14.9. The summed E-state index contributed by atoms with van der Waals surface area (Å²) in [5.74, 6) is 0.757. The van der Waals surface area contributed by atoms with Gasteiger partial charge in [-0.25, -0.2) is 14.8 Å². The minimum absolute atomic E-state index is 0.0467. The van der Waals surface area contributed by atoms with Gasteiger partial charge in [-0.15, -0.1) is 0 Å². The largest absolute Gasteiger partial charge is 0.464 e. The van der Waals surface area contributed by atoms with Gasteiger partial charge in [0.1, 0.15) is 18.2 Å². The molecule has 0 fully saturated rings. The van der Waals surface area contributed by atoms with Crippen LogP contribution in [0.4, 0.5) is 4.79 Å². The summed E-state index contributed by atoms with van der Waals surface area (Å²) in [6, 6.07) is 8.18. The van der Waals surface area contributed by atoms with Gasteiger partial charge in [0, 0.05) is 24.2 Å². The summed E-state index contributed by atoms with van der Waals surface area (Å²) in [4.78, 5) is 19.0. The van der Waals surface area contributed by atoms with Gasteiger partial charge in [0.05, 0.1) is 11.2 Å². The average molecular weight is 314 g/mol. The van der Waals surface area contributed by atoms with E-state index in [-0.39, 0.29) is 12.4 Å². The molecule has 118 valence electrons. The summed E-state index contributed by atoms with van der Waals surface area (Å²) in [5, 5.41) is 19.5. The number of hydrogen-bond donors (Lipinski definition) is 3. The van der Waals surface area contributed by atoms with E-state index in [1.807, 2.05) is 0 Å². The maximum Gasteiger partial charge on any atom is 0.415 e. The van der Waals surface area contributed by atoms with E-state index in [9.17, 15) is 9.90 Å². The van der Waals surface area contributed by atoms with Crippen LogP contribution in [-0.2, 0) is 0 Å². The number of nitrogens with two attached hydrogens (primary N) is 1. The molecule has 0 radical (unpaired) electrons. The molecule has 0 aliphatic heterocycles. The number of aliphatic hydroxyl groups excluding tert-OH is 1. The fourth-order valence-corrected chi connectivity index (χ4v) is 2.18. The molecule has 3 rings (SSSR count). The first-order chi connectivity index (χ1) is 11.1. The van der Waals surface area contributed by atoms with E-state index < -0.39 is 12.2 Å². The Balaban J connectivity index is 1.88. The summed E-state index contributed by atoms with van der Waals surface area (Å²) in [7, 11) is 0. The van der Waals surface area contributed by atoms with Gasteiger partial charge in [-0.05, 0) is 24.3 Å². The molecule has 4 N–H and O–H groups in total. The molecule has 1 atom stereocenters. The number of carboxylic acid groups (broad SMARTS) is 1. The van der Waals surface area contributed by atoms with Crippen LogP contribution in [0.15, 0.2) is 42.9 Å². The molecule has 0 amide bonds. The number of fused-ring (bicyclic) bond motifs is 1. The molecule has 1 unspecified atom stereocenters. The van der Waals surface area contributed by atoms with Gasteiger partial charge < -0.3 is 20.7 Å². The van der Waals surface area contributed by atoms with Crippen molar-refractivity contribution >= 4 is 17.0 Å². The van der Waals surface area contributed by atoms with E-state index in [0.29, 0.717) is 17.0 Å². The fraction of sp³-hybridized carbons (Fsp3) is 0.133. The summed E-state index contributed by atoms with van der Waals surface area (Å²) in [6.45, 7) is 0.0467. The third kappa shape index (κ3) is 2.98. The third-order valence-corrected chi connectivity index (χ3v) is 3.32. The van der Waals surface area contributed by atoms with Crippen LogP contribution < -0.4 is 10.5 Å². The predicted octanol–water partition coefficient (Wildman–Crippen LogP) is 1.74. The van der Waals surface area contributed by atoms with E-state index in [4.69, 9.17) is 15.6 Å². The lowest BCUT2D eigenvalue weighted by molar-refractivity contribution is 0.181. The van der Waals surface area contributed by atoms with E-state index in [1.54, 1.807) is 24.3 Å². The molecule has 2 heterocycles. The van der Waals surface area contributed by atoms with Crippen molar-refractivity contribution in [1.29, 1.82) is 0 Å². The molecular formula is C15H14N4O4. The molecule has 0 spiro atoms. The highest BCUT2D eigenvalue weighted by Gasteiger charge is 2.11. The highest BCUT2D eigenvalue weighted by molar-refractivity contribution is 5.89. The standard InChI is InChI=1S/C15H14N4O4/c16-7-13(20)11-6-14(18-8-17-11)23-10-1-2-12-9(5-10)3-4-19(12)15(21)22/h1-6,8,13,20H,7,16H2,(H,21,22). The normalized spacial score (nSPS) is 12.3. The number of rotatable bonds is 4. The van der Waals surface area contributed by atoms with Crippen LogP contribution in [0.25, 0.3) is 10.9 Å². The van der Waals surface area contributed by atoms with Crippen LogP contribution in [-0.4, -0.2) is 37.4 Å². The second kappa shape index (κ2) is 6.03. The Kier molecular flexibility index (Phi) is 3.92. The molecule has 0 aliphatic carbocycles. The SMILES string of the molecule is NCC(O)c1cc(Oc2ccc3c(ccn3C(=O)O)c2)ncn1. The monoisotopic (exact) mass is 314 g/mol. The molecule has 0 saturated heterocycles. The Hall–Kier alpha value is -2.97. The molecule has 0 bridgehead atoms. The van der Waals surface area contributed by atoms with Crippen molar-refractivity contribution in [2.24, 2.45) is 5.73 Å². The number of hydrogen-bond acceptors (Lipinski definition) is 6. The average Bonchev–Trinajstić information content (AvgIpc) is 2.97. The molecule has 3 aromatic rings. The Bertz CT molecular complexity index is 862. The molecule has 8 heteroatoms. The maximum absolute atomic E-state index is 11.1. The summed E-state index contributed by atoms with van der Waals surface area (Å²) >= 11 is 0. The number of nitrogens with zero attached hydrogens (tertiary/aromatic N) is 3. The molecule has 23 heavy (non-hydrogen) atoms. The van der Waals surface area contributed by atoms with Crippen LogP contribution in [0, 0.1) is 0 Å². The minimum atomic E-state index is -1.05. The molecule has 2 aromatic heterocycles. The van der Waals surface area contributed by atoms with Crippen LogP contribution in [0.5, 0.6) is 11.6 Å². The van der Waals surface area contributed by atoms with Crippen LogP contribution in [0.1, 0.15) is 11.8 Å². The molecule has 0 aliphatic rings. The van der Waals surface area contributed by atoms with Gasteiger partial charge in [0.15, 0.2) is 0 Å². The Morgan fingerprint density at radius 1 is 1.30 bits per heavy atom. The van der Waals surface area contributed by atoms with Gasteiger partial charge in [-0.2, -0.15) is 0 Å². The summed E-state index contributed by atoms with van der Waals surface area (Å²) in [5.41, 5.74) is 6.33. The lowest BCUT2D eigenvalue weighted by atomic mass is 10.2. The van der Waals surface area contributed by atoms with Crippen molar-refractivity contribution in [3.05, 3.63) is 48.5 Å². The van der Waals surface area contributed by atoms with Crippen molar-refractivity contribution in [3.63, 3.8) is 0 Å². The topological polar surface area (TPSA) is 123 Å². The fourth-order valence-electron chi connectivity index (χ4n) is 2.18. The second-order valence-corrected chi connectivity index (χ2v) is 4.82. The van der Waals surface area contributed by atoms with Crippen molar-refractivity contribution in [1.82, 2.24) is 14.5 Å². The smallest absolute Gasteiger partial charge is 0.415 e. The maximum atomic E-state index is 11.1. The van der Waals surface area contributed by atoms with E-state index in [1.165, 1.54) is 18.6 Å². The van der Waals surface area contributed by atoms with E-state index in [2.05, 4.69) is 9.97 Å². The molecular weight excluding hydrogens is 300 g/mol. The first-order valence-corrected chi connectivity index (χ1v) is 6.81. The van der Waals surface area contributed by atoms with Crippen LogP contribution in [0.2, 0.25) is 0 Å². The highest BCUT2D eigenvalue weighted by Crippen LogP contribution is 2.26. The number of aromatic nitrogens is 3. The zero-order valence-corrected chi connectivity index (χ0v) is 12.0. The van der Waals surface area contributed by atoms with Crippen molar-refractivity contribution in [2.45, 2.75) is 6.10 Å². The Labute approximate surface area is 130 Å². The zero-order chi connectivity index (χ0) is 16.4. The first-order valence-electron chi connectivity index (χ1n) is 6.81.